The molecule has 3 aliphatic heterocycles. The summed E-state index contributed by atoms with van der Waals surface area (Å²) in [7, 11) is 0. The fourth-order valence-corrected chi connectivity index (χ4v) is 6.37. The molecule has 0 radical (unpaired) electrons. The smallest absolute Gasteiger partial charge is 0.312 e. The van der Waals surface area contributed by atoms with Gasteiger partial charge in [0.05, 0.1) is 30.8 Å². The number of fused-ring (bicyclic) bond motifs is 1. The lowest BCUT2D eigenvalue weighted by atomic mass is 9.66. The number of nitrogens with zero attached hydrogens (tertiary/aromatic N) is 2. The van der Waals surface area contributed by atoms with Crippen LogP contribution in [0.3, 0.4) is 0 Å². The molecular formula is C26H37N3O6. The highest BCUT2D eigenvalue weighted by Crippen LogP contribution is 2.63. The van der Waals surface area contributed by atoms with Gasteiger partial charge in [0.2, 0.25) is 11.8 Å². The predicted molar refractivity (Wildman–Crippen MR) is 131 cm³/mol. The van der Waals surface area contributed by atoms with Crippen LogP contribution >= 0.6 is 0 Å². The molecule has 35 heavy (non-hydrogen) atoms. The van der Waals surface area contributed by atoms with Crippen molar-refractivity contribution >= 4 is 29.2 Å². The third kappa shape index (κ3) is 3.89. The molecule has 0 aliphatic carbocycles. The molecule has 1 spiro atoms. The Balaban J connectivity index is 1.67. The maximum atomic E-state index is 13.8. The minimum absolute atomic E-state index is 0.198. The van der Waals surface area contributed by atoms with Gasteiger partial charge in [-0.1, -0.05) is 0 Å². The molecule has 1 aromatic carbocycles. The quantitative estimate of drug-likeness (QED) is 0.514. The van der Waals surface area contributed by atoms with E-state index in [-0.39, 0.29) is 25.0 Å². The molecule has 0 aromatic heterocycles. The van der Waals surface area contributed by atoms with Crippen LogP contribution < -0.4 is 10.2 Å². The summed E-state index contributed by atoms with van der Waals surface area (Å²) in [5.74, 6) is -2.81. The van der Waals surface area contributed by atoms with Crippen molar-refractivity contribution in [3.8, 4) is 0 Å². The van der Waals surface area contributed by atoms with Crippen LogP contribution in [0, 0.1) is 11.8 Å². The summed E-state index contributed by atoms with van der Waals surface area (Å²) >= 11 is 0. The number of benzene rings is 1. The van der Waals surface area contributed by atoms with Gasteiger partial charge in [-0.05, 0) is 71.7 Å². The molecule has 192 valence electrons. The van der Waals surface area contributed by atoms with Crippen molar-refractivity contribution in [2.45, 2.75) is 70.7 Å². The van der Waals surface area contributed by atoms with Crippen LogP contribution in [0.2, 0.25) is 0 Å². The normalized spacial score (nSPS) is 31.9. The number of rotatable bonds is 9. The standard InChI is InChI=1S/C26H37N3O6/c1-6-28(7-2)18-11-9-17(10-12-18)27-22(31)21-26-14-13-25(5,35-26)20(24(33)34-8-3)19(26)23(32)29(21)16(4)15-30/h9-12,16,19-21,30H,6-8,13-15H2,1-5H3,(H,27,31)/t16-,19+,20-,21?,25+,26?/m1/s1. The van der Waals surface area contributed by atoms with E-state index in [1.54, 1.807) is 13.8 Å². The maximum absolute atomic E-state index is 13.8. The van der Waals surface area contributed by atoms with Gasteiger partial charge in [-0.15, -0.1) is 0 Å². The van der Waals surface area contributed by atoms with Gasteiger partial charge in [-0.3, -0.25) is 14.4 Å². The molecule has 2 bridgehead atoms. The Morgan fingerprint density at radius 3 is 2.46 bits per heavy atom. The molecule has 9 nitrogen and oxygen atoms in total. The molecule has 2 amide bonds. The van der Waals surface area contributed by atoms with Crippen molar-refractivity contribution in [3.63, 3.8) is 0 Å². The van der Waals surface area contributed by atoms with Crippen LogP contribution in [0.25, 0.3) is 0 Å². The zero-order valence-electron chi connectivity index (χ0n) is 21.2. The Morgan fingerprint density at radius 1 is 1.23 bits per heavy atom. The molecule has 1 aromatic rings. The topological polar surface area (TPSA) is 108 Å². The van der Waals surface area contributed by atoms with Crippen LogP contribution in [0.1, 0.15) is 47.5 Å². The van der Waals surface area contributed by atoms with Gasteiger partial charge < -0.3 is 29.7 Å². The second kappa shape index (κ2) is 9.43. The molecule has 0 saturated carbocycles. The number of hydrogen-bond donors (Lipinski definition) is 2. The van der Waals surface area contributed by atoms with Crippen molar-refractivity contribution < 1.29 is 29.0 Å². The summed E-state index contributed by atoms with van der Waals surface area (Å²) in [6.45, 7) is 11.1. The number of aliphatic hydroxyl groups is 1. The minimum Gasteiger partial charge on any atom is -0.466 e. The summed E-state index contributed by atoms with van der Waals surface area (Å²) in [5, 5.41) is 12.9. The molecule has 3 heterocycles. The van der Waals surface area contributed by atoms with Crippen LogP contribution in [0.4, 0.5) is 11.4 Å². The Bertz CT molecular complexity index is 980. The number of aliphatic hydroxyl groups excluding tert-OH is 1. The highest BCUT2D eigenvalue weighted by atomic mass is 16.6. The molecule has 3 aliphatic rings. The first kappa shape index (κ1) is 25.4. The van der Waals surface area contributed by atoms with Gasteiger partial charge in [0.15, 0.2) is 0 Å². The molecule has 3 fully saturated rings. The molecule has 2 N–H and O–H groups in total. The number of nitrogens with one attached hydrogen (secondary N) is 1. The van der Waals surface area contributed by atoms with E-state index < -0.39 is 41.1 Å². The number of amides is 2. The summed E-state index contributed by atoms with van der Waals surface area (Å²) in [5.41, 5.74) is -0.347. The zero-order chi connectivity index (χ0) is 25.5. The van der Waals surface area contributed by atoms with E-state index >= 15 is 0 Å². The first-order valence-electron chi connectivity index (χ1n) is 12.6. The van der Waals surface area contributed by atoms with Gasteiger partial charge >= 0.3 is 5.97 Å². The number of likely N-dealkylation sites (tertiary alicyclic amines) is 1. The SMILES string of the molecule is CCOC(=O)[C@H]1[C@H]2C(=O)N([C@H](C)CO)C(C(=O)Nc3ccc(N(CC)CC)cc3)C23CC[C@]1(C)O3. The van der Waals surface area contributed by atoms with Crippen molar-refractivity contribution in [2.24, 2.45) is 11.8 Å². The summed E-state index contributed by atoms with van der Waals surface area (Å²) in [6, 6.07) is 6.01. The number of ether oxygens (including phenoxy) is 2. The first-order valence-corrected chi connectivity index (χ1v) is 12.6. The summed E-state index contributed by atoms with van der Waals surface area (Å²) in [6.07, 6.45) is 1.02. The number of esters is 1. The van der Waals surface area contributed by atoms with Crippen molar-refractivity contribution in [1.82, 2.24) is 4.90 Å². The highest BCUT2D eigenvalue weighted by Gasteiger charge is 2.78. The lowest BCUT2D eigenvalue weighted by molar-refractivity contribution is -0.159. The minimum atomic E-state index is -1.14. The first-order chi connectivity index (χ1) is 16.7. The average molecular weight is 488 g/mol. The van der Waals surface area contributed by atoms with Gasteiger partial charge in [-0.25, -0.2) is 0 Å². The molecule has 3 saturated heterocycles. The number of hydrogen-bond acceptors (Lipinski definition) is 7. The Kier molecular flexibility index (Phi) is 6.85. The molecular weight excluding hydrogens is 450 g/mol. The van der Waals surface area contributed by atoms with Crippen LogP contribution in [-0.4, -0.2) is 77.4 Å². The van der Waals surface area contributed by atoms with E-state index in [0.717, 1.165) is 18.8 Å². The lowest BCUT2D eigenvalue weighted by Crippen LogP contribution is -2.55. The van der Waals surface area contributed by atoms with Crippen molar-refractivity contribution in [3.05, 3.63) is 24.3 Å². The average Bonchev–Trinajstić information content (AvgIpc) is 3.41. The lowest BCUT2D eigenvalue weighted by Gasteiger charge is -2.35. The predicted octanol–water partition coefficient (Wildman–Crippen LogP) is 2.18. The third-order valence-corrected chi connectivity index (χ3v) is 8.01. The second-order valence-electron chi connectivity index (χ2n) is 9.97. The molecule has 9 heteroatoms. The van der Waals surface area contributed by atoms with Crippen LogP contribution in [0.15, 0.2) is 24.3 Å². The Hall–Kier alpha value is -2.65. The van der Waals surface area contributed by atoms with E-state index in [2.05, 4.69) is 24.1 Å². The van der Waals surface area contributed by atoms with Crippen LogP contribution in [-0.2, 0) is 23.9 Å². The van der Waals surface area contributed by atoms with Crippen LogP contribution in [0.5, 0.6) is 0 Å². The Labute approximate surface area is 206 Å². The van der Waals surface area contributed by atoms with E-state index in [1.165, 1.54) is 4.90 Å². The summed E-state index contributed by atoms with van der Waals surface area (Å²) < 4.78 is 11.8. The zero-order valence-corrected chi connectivity index (χ0v) is 21.2. The van der Waals surface area contributed by atoms with Gasteiger partial charge in [0.1, 0.15) is 17.6 Å². The van der Waals surface area contributed by atoms with Crippen molar-refractivity contribution in [2.75, 3.05) is 36.5 Å². The highest BCUT2D eigenvalue weighted by molar-refractivity contribution is 6.03. The Morgan fingerprint density at radius 2 is 1.89 bits per heavy atom. The van der Waals surface area contributed by atoms with Gasteiger partial charge in [0.25, 0.3) is 0 Å². The second-order valence-corrected chi connectivity index (χ2v) is 9.97. The van der Waals surface area contributed by atoms with Gasteiger partial charge in [0, 0.05) is 24.5 Å². The fourth-order valence-electron chi connectivity index (χ4n) is 6.37. The number of carbonyl (C=O) groups excluding carboxylic acids is 3. The third-order valence-electron chi connectivity index (χ3n) is 8.01. The van der Waals surface area contributed by atoms with E-state index in [9.17, 15) is 19.5 Å². The van der Waals surface area contributed by atoms with E-state index in [0.29, 0.717) is 18.5 Å². The molecule has 2 unspecified atom stereocenters. The van der Waals surface area contributed by atoms with E-state index in [1.807, 2.05) is 31.2 Å². The van der Waals surface area contributed by atoms with Gasteiger partial charge in [-0.2, -0.15) is 0 Å². The molecule has 4 rings (SSSR count). The summed E-state index contributed by atoms with van der Waals surface area (Å²) in [4.78, 5) is 44.1. The maximum Gasteiger partial charge on any atom is 0.312 e. The molecule has 6 atom stereocenters. The monoisotopic (exact) mass is 487 g/mol. The van der Waals surface area contributed by atoms with Crippen molar-refractivity contribution in [1.29, 1.82) is 0 Å². The largest absolute Gasteiger partial charge is 0.466 e. The fraction of sp³-hybridized carbons (Fsp3) is 0.654. The number of carbonyl (C=O) groups is 3. The number of anilines is 2. The van der Waals surface area contributed by atoms with E-state index in [4.69, 9.17) is 9.47 Å².